The average Bonchev–Trinajstić information content (AvgIpc) is 2.62. The van der Waals surface area contributed by atoms with Gasteiger partial charge in [-0.15, -0.1) is 10.2 Å². The van der Waals surface area contributed by atoms with Crippen LogP contribution >= 0.6 is 0 Å². The molecular weight excluding hydrogens is 166 g/mol. The van der Waals surface area contributed by atoms with E-state index in [-0.39, 0.29) is 5.54 Å². The lowest BCUT2D eigenvalue weighted by molar-refractivity contribution is 0.393. The maximum Gasteiger partial charge on any atom is 0.236 e. The van der Waals surface area contributed by atoms with E-state index in [4.69, 9.17) is 10.2 Å². The molecule has 13 heavy (non-hydrogen) atoms. The standard InChI is InChI=1S/C9H15N3O/c1-6(2)5-7-11-12-8(13-7)9(10)3-4-9/h6H,3-5,10H2,1-2H3. The second-order valence-corrected chi connectivity index (χ2v) is 4.26. The molecule has 2 N–H and O–H groups in total. The molecule has 1 aliphatic carbocycles. The Morgan fingerprint density at radius 1 is 1.46 bits per heavy atom. The molecule has 1 fully saturated rings. The predicted octanol–water partition coefficient (Wildman–Crippen LogP) is 1.22. The molecule has 1 aliphatic rings. The van der Waals surface area contributed by atoms with Crippen LogP contribution in [0.5, 0.6) is 0 Å². The van der Waals surface area contributed by atoms with Gasteiger partial charge in [-0.1, -0.05) is 13.8 Å². The number of aromatic nitrogens is 2. The molecule has 0 radical (unpaired) electrons. The van der Waals surface area contributed by atoms with Gasteiger partial charge in [0.25, 0.3) is 0 Å². The number of nitrogens with two attached hydrogens (primary N) is 1. The van der Waals surface area contributed by atoms with E-state index in [1.807, 2.05) is 0 Å². The Morgan fingerprint density at radius 3 is 2.69 bits per heavy atom. The number of hydrogen-bond donors (Lipinski definition) is 1. The summed E-state index contributed by atoms with van der Waals surface area (Å²) in [6.07, 6.45) is 2.77. The van der Waals surface area contributed by atoms with Crippen molar-refractivity contribution in [3.8, 4) is 0 Å². The third kappa shape index (κ3) is 1.72. The van der Waals surface area contributed by atoms with Crippen molar-refractivity contribution < 1.29 is 4.42 Å². The molecule has 0 unspecified atom stereocenters. The molecule has 0 saturated heterocycles. The molecule has 0 aromatic carbocycles. The normalized spacial score (nSPS) is 19.4. The Balaban J connectivity index is 2.09. The maximum absolute atomic E-state index is 5.92. The number of hydrogen-bond acceptors (Lipinski definition) is 4. The Morgan fingerprint density at radius 2 is 2.15 bits per heavy atom. The Bertz CT molecular complexity index is 302. The van der Waals surface area contributed by atoms with Gasteiger partial charge in [0, 0.05) is 6.42 Å². The van der Waals surface area contributed by atoms with Crippen molar-refractivity contribution in [2.45, 2.75) is 38.6 Å². The van der Waals surface area contributed by atoms with Crippen molar-refractivity contribution in [2.24, 2.45) is 11.7 Å². The van der Waals surface area contributed by atoms with Crippen LogP contribution in [0.4, 0.5) is 0 Å². The highest BCUT2D eigenvalue weighted by atomic mass is 16.4. The van der Waals surface area contributed by atoms with Crippen LogP contribution < -0.4 is 5.73 Å². The third-order valence-corrected chi connectivity index (χ3v) is 2.26. The molecule has 1 heterocycles. The third-order valence-electron chi connectivity index (χ3n) is 2.26. The fourth-order valence-electron chi connectivity index (χ4n) is 1.24. The highest BCUT2D eigenvalue weighted by Crippen LogP contribution is 2.41. The van der Waals surface area contributed by atoms with Gasteiger partial charge in [0.15, 0.2) is 0 Å². The minimum absolute atomic E-state index is 0.289. The predicted molar refractivity (Wildman–Crippen MR) is 47.9 cm³/mol. The molecular formula is C9H15N3O. The van der Waals surface area contributed by atoms with Gasteiger partial charge in [-0.2, -0.15) is 0 Å². The molecule has 0 spiro atoms. The summed E-state index contributed by atoms with van der Waals surface area (Å²) < 4.78 is 5.47. The summed E-state index contributed by atoms with van der Waals surface area (Å²) in [6.45, 7) is 4.25. The van der Waals surface area contributed by atoms with E-state index in [0.717, 1.165) is 19.3 Å². The first-order valence-electron chi connectivity index (χ1n) is 4.72. The van der Waals surface area contributed by atoms with Crippen molar-refractivity contribution in [1.29, 1.82) is 0 Å². The number of nitrogens with zero attached hydrogens (tertiary/aromatic N) is 2. The van der Waals surface area contributed by atoms with Crippen LogP contribution in [-0.4, -0.2) is 10.2 Å². The molecule has 4 nitrogen and oxygen atoms in total. The Labute approximate surface area is 77.5 Å². The summed E-state index contributed by atoms with van der Waals surface area (Å²) in [7, 11) is 0. The molecule has 0 aliphatic heterocycles. The average molecular weight is 181 g/mol. The fraction of sp³-hybridized carbons (Fsp3) is 0.778. The van der Waals surface area contributed by atoms with Crippen LogP contribution in [0.3, 0.4) is 0 Å². The van der Waals surface area contributed by atoms with Crippen LogP contribution in [-0.2, 0) is 12.0 Å². The molecule has 2 rings (SSSR count). The van der Waals surface area contributed by atoms with Gasteiger partial charge >= 0.3 is 0 Å². The maximum atomic E-state index is 5.92. The van der Waals surface area contributed by atoms with Crippen molar-refractivity contribution in [2.75, 3.05) is 0 Å². The quantitative estimate of drug-likeness (QED) is 0.761. The van der Waals surface area contributed by atoms with Crippen molar-refractivity contribution >= 4 is 0 Å². The lowest BCUT2D eigenvalue weighted by Gasteiger charge is -2.00. The van der Waals surface area contributed by atoms with Crippen LogP contribution in [0.1, 0.15) is 38.5 Å². The Kier molecular flexibility index (Phi) is 1.87. The second kappa shape index (κ2) is 2.80. The van der Waals surface area contributed by atoms with Gasteiger partial charge in [-0.05, 0) is 18.8 Å². The molecule has 0 bridgehead atoms. The highest BCUT2D eigenvalue weighted by Gasteiger charge is 2.45. The van der Waals surface area contributed by atoms with Gasteiger partial charge in [-0.3, -0.25) is 0 Å². The molecule has 4 heteroatoms. The minimum atomic E-state index is -0.289. The van der Waals surface area contributed by atoms with E-state index in [9.17, 15) is 0 Å². The molecule has 0 amide bonds. The van der Waals surface area contributed by atoms with E-state index < -0.39 is 0 Å². The fourth-order valence-corrected chi connectivity index (χ4v) is 1.24. The molecule has 1 saturated carbocycles. The van der Waals surface area contributed by atoms with Crippen LogP contribution in [0.2, 0.25) is 0 Å². The zero-order valence-corrected chi connectivity index (χ0v) is 8.08. The first-order valence-corrected chi connectivity index (χ1v) is 4.72. The Hall–Kier alpha value is -0.900. The van der Waals surface area contributed by atoms with Crippen LogP contribution in [0.25, 0.3) is 0 Å². The van der Waals surface area contributed by atoms with E-state index in [1.165, 1.54) is 0 Å². The topological polar surface area (TPSA) is 64.9 Å². The summed E-state index contributed by atoms with van der Waals surface area (Å²) in [5, 5.41) is 7.93. The van der Waals surface area contributed by atoms with E-state index >= 15 is 0 Å². The lowest BCUT2D eigenvalue weighted by atomic mass is 10.1. The monoisotopic (exact) mass is 181 g/mol. The summed E-state index contributed by atoms with van der Waals surface area (Å²) in [4.78, 5) is 0. The first kappa shape index (κ1) is 8.69. The summed E-state index contributed by atoms with van der Waals surface area (Å²) >= 11 is 0. The van der Waals surface area contributed by atoms with Gasteiger partial charge in [-0.25, -0.2) is 0 Å². The zero-order chi connectivity index (χ0) is 9.47. The van der Waals surface area contributed by atoms with E-state index in [1.54, 1.807) is 0 Å². The second-order valence-electron chi connectivity index (χ2n) is 4.26. The van der Waals surface area contributed by atoms with Gasteiger partial charge in [0.05, 0.1) is 5.54 Å². The summed E-state index contributed by atoms with van der Waals surface area (Å²) in [5.41, 5.74) is 5.63. The van der Waals surface area contributed by atoms with Gasteiger partial charge in [0.1, 0.15) is 0 Å². The highest BCUT2D eigenvalue weighted by molar-refractivity contribution is 5.10. The largest absolute Gasteiger partial charge is 0.423 e. The molecule has 0 atom stereocenters. The van der Waals surface area contributed by atoms with Crippen LogP contribution in [0, 0.1) is 5.92 Å². The van der Waals surface area contributed by atoms with Gasteiger partial charge < -0.3 is 10.2 Å². The summed E-state index contributed by atoms with van der Waals surface area (Å²) in [6, 6.07) is 0. The lowest BCUT2D eigenvalue weighted by Crippen LogP contribution is -2.18. The number of rotatable bonds is 3. The van der Waals surface area contributed by atoms with E-state index in [2.05, 4.69) is 24.0 Å². The van der Waals surface area contributed by atoms with Gasteiger partial charge in [0.2, 0.25) is 11.8 Å². The smallest absolute Gasteiger partial charge is 0.236 e. The van der Waals surface area contributed by atoms with E-state index in [0.29, 0.717) is 17.7 Å². The molecule has 1 aromatic heterocycles. The molecule has 1 aromatic rings. The van der Waals surface area contributed by atoms with Crippen molar-refractivity contribution in [1.82, 2.24) is 10.2 Å². The summed E-state index contributed by atoms with van der Waals surface area (Å²) in [5.74, 6) is 1.87. The van der Waals surface area contributed by atoms with Crippen molar-refractivity contribution in [3.63, 3.8) is 0 Å². The first-order chi connectivity index (χ1) is 6.10. The van der Waals surface area contributed by atoms with Crippen LogP contribution in [0.15, 0.2) is 4.42 Å². The minimum Gasteiger partial charge on any atom is -0.423 e. The molecule has 72 valence electrons. The van der Waals surface area contributed by atoms with Crippen molar-refractivity contribution in [3.05, 3.63) is 11.8 Å². The SMILES string of the molecule is CC(C)Cc1nnc(C2(N)CC2)o1. The zero-order valence-electron chi connectivity index (χ0n) is 8.08.